The molecule has 30 heavy (non-hydrogen) atoms. The first-order valence-corrected chi connectivity index (χ1v) is 11.0. The molecule has 0 radical (unpaired) electrons. The van der Waals surface area contributed by atoms with Crippen molar-refractivity contribution in [3.05, 3.63) is 59.6 Å². The fraction of sp³-hybridized carbons (Fsp3) is 0.304. The minimum Gasteiger partial charge on any atom is -0.493 e. The third-order valence-corrected chi connectivity index (χ3v) is 6.60. The molecule has 5 nitrogen and oxygen atoms in total. The second-order valence-corrected chi connectivity index (χ2v) is 8.50. The van der Waals surface area contributed by atoms with Gasteiger partial charge in [-0.2, -0.15) is 0 Å². The van der Waals surface area contributed by atoms with Crippen molar-refractivity contribution >= 4 is 40.8 Å². The second-order valence-electron chi connectivity index (χ2n) is 7.01. The van der Waals surface area contributed by atoms with E-state index in [2.05, 4.69) is 6.58 Å². The van der Waals surface area contributed by atoms with E-state index in [9.17, 15) is 9.59 Å². The second kappa shape index (κ2) is 10.0. The predicted octanol–water partition coefficient (Wildman–Crippen LogP) is 5.23. The summed E-state index contributed by atoms with van der Waals surface area (Å²) in [6.07, 6.45) is 0.924. The molecule has 2 aromatic carbocycles. The summed E-state index contributed by atoms with van der Waals surface area (Å²) in [5.41, 5.74) is 1.02. The first-order chi connectivity index (χ1) is 14.4. The Morgan fingerprint density at radius 2 is 1.90 bits per heavy atom. The average molecular weight is 446 g/mol. The quantitative estimate of drug-likeness (QED) is 0.591. The molecule has 3 rings (SSSR count). The fourth-order valence-corrected chi connectivity index (χ4v) is 4.54. The van der Waals surface area contributed by atoms with Crippen molar-refractivity contribution in [2.24, 2.45) is 5.92 Å². The number of carbonyl (C=O) groups excluding carboxylic acids is 1. The van der Waals surface area contributed by atoms with E-state index >= 15 is 0 Å². The molecule has 1 fully saturated rings. The van der Waals surface area contributed by atoms with E-state index in [1.54, 1.807) is 11.0 Å². The lowest BCUT2D eigenvalue weighted by Gasteiger charge is -2.30. The predicted molar refractivity (Wildman–Crippen MR) is 119 cm³/mol. The molecule has 1 heterocycles. The van der Waals surface area contributed by atoms with E-state index < -0.39 is 5.97 Å². The zero-order valence-corrected chi connectivity index (χ0v) is 18.3. The average Bonchev–Trinajstić information content (AvgIpc) is 2.75. The highest BCUT2D eigenvalue weighted by molar-refractivity contribution is 7.99. The van der Waals surface area contributed by atoms with Gasteiger partial charge in [-0.05, 0) is 49.6 Å². The molecule has 0 aliphatic carbocycles. The van der Waals surface area contributed by atoms with E-state index in [1.165, 1.54) is 11.8 Å². The van der Waals surface area contributed by atoms with Crippen LogP contribution >= 0.6 is 23.4 Å². The zero-order chi connectivity index (χ0) is 21.7. The summed E-state index contributed by atoms with van der Waals surface area (Å²) >= 11 is 8.01. The lowest BCUT2D eigenvalue weighted by molar-refractivity contribution is -0.144. The molecule has 158 valence electrons. The monoisotopic (exact) mass is 445 g/mol. The molecule has 0 unspecified atom stereocenters. The van der Waals surface area contributed by atoms with Crippen LogP contribution in [-0.2, 0) is 9.59 Å². The minimum atomic E-state index is -0.799. The molecule has 1 saturated heterocycles. The normalized spacial score (nSPS) is 14.4. The van der Waals surface area contributed by atoms with Crippen molar-refractivity contribution in [3.63, 3.8) is 0 Å². The van der Waals surface area contributed by atoms with Crippen LogP contribution in [0.3, 0.4) is 0 Å². The van der Waals surface area contributed by atoms with Crippen LogP contribution < -0.4 is 4.74 Å². The first-order valence-electron chi connectivity index (χ1n) is 9.81. The van der Waals surface area contributed by atoms with Gasteiger partial charge in [0.25, 0.3) is 5.91 Å². The minimum absolute atomic E-state index is 0.183. The van der Waals surface area contributed by atoms with Gasteiger partial charge in [-0.1, -0.05) is 48.1 Å². The highest BCUT2D eigenvalue weighted by Gasteiger charge is 2.28. The maximum Gasteiger partial charge on any atom is 0.306 e. The first kappa shape index (κ1) is 22.2. The number of carbonyl (C=O) groups is 2. The van der Waals surface area contributed by atoms with Crippen molar-refractivity contribution in [3.8, 4) is 5.75 Å². The molecule has 2 aromatic rings. The smallest absolute Gasteiger partial charge is 0.306 e. The standard InChI is InChI=1S/C23H24ClNO4S/c1-3-29-19-6-4-5-7-21(19)30-20-9-8-17(14-18(20)24)15(2)22(26)25-12-10-16(11-13-25)23(27)28/h4-9,14,16H,2-3,10-13H2,1H3,(H,27,28). The highest BCUT2D eigenvalue weighted by atomic mass is 35.5. The van der Waals surface area contributed by atoms with E-state index in [0.29, 0.717) is 48.7 Å². The molecule has 0 atom stereocenters. The Balaban J connectivity index is 1.70. The molecule has 1 aliphatic rings. The van der Waals surface area contributed by atoms with Crippen LogP contribution in [0.4, 0.5) is 0 Å². The van der Waals surface area contributed by atoms with Crippen LogP contribution in [0.1, 0.15) is 25.3 Å². The molecular formula is C23H24ClNO4S. The topological polar surface area (TPSA) is 66.8 Å². The van der Waals surface area contributed by atoms with Gasteiger partial charge < -0.3 is 14.7 Å². The number of rotatable bonds is 7. The van der Waals surface area contributed by atoms with Gasteiger partial charge >= 0.3 is 5.97 Å². The van der Waals surface area contributed by atoms with Crippen LogP contribution in [0, 0.1) is 5.92 Å². The van der Waals surface area contributed by atoms with Gasteiger partial charge in [-0.25, -0.2) is 0 Å². The summed E-state index contributed by atoms with van der Waals surface area (Å²) in [4.78, 5) is 27.4. The number of halogens is 1. The number of amides is 1. The summed E-state index contributed by atoms with van der Waals surface area (Å²) in [5, 5.41) is 9.64. The molecule has 0 aromatic heterocycles. The Kier molecular flexibility index (Phi) is 7.45. The Morgan fingerprint density at radius 1 is 1.20 bits per heavy atom. The van der Waals surface area contributed by atoms with E-state index in [0.717, 1.165) is 15.5 Å². The van der Waals surface area contributed by atoms with Crippen molar-refractivity contribution in [2.45, 2.75) is 29.6 Å². The van der Waals surface area contributed by atoms with Crippen LogP contribution in [0.5, 0.6) is 5.75 Å². The summed E-state index contributed by atoms with van der Waals surface area (Å²) in [6, 6.07) is 13.2. The molecule has 1 aliphatic heterocycles. The lowest BCUT2D eigenvalue weighted by Crippen LogP contribution is -2.40. The molecule has 7 heteroatoms. The number of para-hydroxylation sites is 1. The Bertz CT molecular complexity index is 954. The summed E-state index contributed by atoms with van der Waals surface area (Å²) in [7, 11) is 0. The highest BCUT2D eigenvalue weighted by Crippen LogP contribution is 2.39. The van der Waals surface area contributed by atoms with E-state index in [-0.39, 0.29) is 11.8 Å². The number of piperidine rings is 1. The number of hydrogen-bond donors (Lipinski definition) is 1. The third kappa shape index (κ3) is 5.18. The van der Waals surface area contributed by atoms with Gasteiger partial charge in [0, 0.05) is 23.6 Å². The summed E-state index contributed by atoms with van der Waals surface area (Å²) < 4.78 is 5.67. The molecule has 0 saturated carbocycles. The maximum atomic E-state index is 12.8. The summed E-state index contributed by atoms with van der Waals surface area (Å²) in [6.45, 7) is 7.32. The van der Waals surface area contributed by atoms with Crippen molar-refractivity contribution in [2.75, 3.05) is 19.7 Å². The maximum absolute atomic E-state index is 12.8. The molecule has 1 amide bonds. The Labute approximate surface area is 185 Å². The van der Waals surface area contributed by atoms with Gasteiger partial charge in [-0.15, -0.1) is 0 Å². The number of nitrogens with zero attached hydrogens (tertiary/aromatic N) is 1. The van der Waals surface area contributed by atoms with Crippen molar-refractivity contribution in [1.29, 1.82) is 0 Å². The number of aliphatic carboxylic acids is 1. The van der Waals surface area contributed by atoms with Gasteiger partial charge in [0.05, 0.1) is 22.4 Å². The number of ether oxygens (including phenoxy) is 1. The van der Waals surface area contributed by atoms with Crippen LogP contribution in [0.25, 0.3) is 5.57 Å². The number of hydrogen-bond acceptors (Lipinski definition) is 4. The van der Waals surface area contributed by atoms with Crippen LogP contribution in [0.2, 0.25) is 5.02 Å². The van der Waals surface area contributed by atoms with E-state index in [4.69, 9.17) is 21.4 Å². The number of likely N-dealkylation sites (tertiary alicyclic amines) is 1. The molecule has 0 bridgehead atoms. The Morgan fingerprint density at radius 3 is 2.53 bits per heavy atom. The number of carboxylic acids is 1. The number of benzene rings is 2. The molecule has 1 N–H and O–H groups in total. The lowest BCUT2D eigenvalue weighted by atomic mass is 9.96. The van der Waals surface area contributed by atoms with Crippen LogP contribution in [-0.4, -0.2) is 41.6 Å². The van der Waals surface area contributed by atoms with Crippen LogP contribution in [0.15, 0.2) is 58.8 Å². The largest absolute Gasteiger partial charge is 0.493 e. The molecular weight excluding hydrogens is 422 g/mol. The van der Waals surface area contributed by atoms with Gasteiger partial charge in [0.2, 0.25) is 0 Å². The van der Waals surface area contributed by atoms with Crippen molar-refractivity contribution < 1.29 is 19.4 Å². The van der Waals surface area contributed by atoms with Gasteiger partial charge in [-0.3, -0.25) is 9.59 Å². The fourth-order valence-electron chi connectivity index (χ4n) is 3.34. The zero-order valence-electron chi connectivity index (χ0n) is 16.8. The number of carboxylic acid groups (broad SMARTS) is 1. The summed E-state index contributed by atoms with van der Waals surface area (Å²) in [5.74, 6) is -0.564. The third-order valence-electron chi connectivity index (χ3n) is 5.04. The van der Waals surface area contributed by atoms with Crippen molar-refractivity contribution in [1.82, 2.24) is 4.90 Å². The Hall–Kier alpha value is -2.44. The van der Waals surface area contributed by atoms with E-state index in [1.807, 2.05) is 43.3 Å². The molecule has 0 spiro atoms. The van der Waals surface area contributed by atoms with Gasteiger partial charge in [0.15, 0.2) is 0 Å². The SMILES string of the molecule is C=C(C(=O)N1CCC(C(=O)O)CC1)c1ccc(Sc2ccccc2OCC)c(Cl)c1. The van der Waals surface area contributed by atoms with Gasteiger partial charge in [0.1, 0.15) is 5.75 Å².